The zero-order chi connectivity index (χ0) is 15.5. The van der Waals surface area contributed by atoms with Crippen LogP contribution >= 0.6 is 0 Å². The highest BCUT2D eigenvalue weighted by molar-refractivity contribution is 5.77. The second-order valence-corrected chi connectivity index (χ2v) is 6.36. The van der Waals surface area contributed by atoms with Gasteiger partial charge in [-0.25, -0.2) is 0 Å². The molecule has 3 N–H and O–H groups in total. The van der Waals surface area contributed by atoms with Crippen LogP contribution in [0.3, 0.4) is 0 Å². The van der Waals surface area contributed by atoms with Gasteiger partial charge in [0, 0.05) is 26.2 Å². The van der Waals surface area contributed by atoms with Gasteiger partial charge in [-0.3, -0.25) is 9.89 Å². The third-order valence-electron chi connectivity index (χ3n) is 3.65. The van der Waals surface area contributed by atoms with Crippen LogP contribution in [0.5, 0.6) is 0 Å². The standard InChI is InChI=1S/C16H34N4O/c1-4-5-6-7-8-18-16(17)19-11-15-13-20(9-10-21-15)12-14(2)3/h14-15H,4-13H2,1-3H3,(H3,17,18,19). The number of hydrogen-bond donors (Lipinski definition) is 2. The number of rotatable bonds is 9. The molecule has 5 heteroatoms. The van der Waals surface area contributed by atoms with E-state index in [4.69, 9.17) is 10.5 Å². The van der Waals surface area contributed by atoms with Gasteiger partial charge in [-0.2, -0.15) is 0 Å². The van der Waals surface area contributed by atoms with Crippen molar-refractivity contribution in [3.05, 3.63) is 0 Å². The van der Waals surface area contributed by atoms with Crippen LogP contribution in [0, 0.1) is 5.92 Å². The summed E-state index contributed by atoms with van der Waals surface area (Å²) in [4.78, 5) is 6.87. The van der Waals surface area contributed by atoms with E-state index in [1.807, 2.05) is 0 Å². The minimum absolute atomic E-state index is 0.179. The Morgan fingerprint density at radius 3 is 2.90 bits per heavy atom. The predicted octanol–water partition coefficient (Wildman–Crippen LogP) is 1.83. The molecule has 0 aliphatic carbocycles. The fourth-order valence-electron chi connectivity index (χ4n) is 2.60. The maximum Gasteiger partial charge on any atom is 0.188 e. The molecule has 0 spiro atoms. The molecular weight excluding hydrogens is 264 g/mol. The van der Waals surface area contributed by atoms with Crippen molar-refractivity contribution in [3.8, 4) is 0 Å². The number of aliphatic imine (C=N–C) groups is 1. The van der Waals surface area contributed by atoms with E-state index in [-0.39, 0.29) is 6.10 Å². The number of nitrogens with two attached hydrogens (primary N) is 1. The van der Waals surface area contributed by atoms with Crippen LogP contribution in [0.1, 0.15) is 46.5 Å². The van der Waals surface area contributed by atoms with Crippen LogP contribution in [0.4, 0.5) is 0 Å². The number of guanidine groups is 1. The fourth-order valence-corrected chi connectivity index (χ4v) is 2.60. The molecule has 0 radical (unpaired) electrons. The number of hydrogen-bond acceptors (Lipinski definition) is 3. The molecule has 0 aromatic carbocycles. The molecule has 0 bridgehead atoms. The summed E-state index contributed by atoms with van der Waals surface area (Å²) in [7, 11) is 0. The summed E-state index contributed by atoms with van der Waals surface area (Å²) >= 11 is 0. The molecule has 1 fully saturated rings. The number of unbranched alkanes of at least 4 members (excludes halogenated alkanes) is 3. The number of nitrogens with zero attached hydrogens (tertiary/aromatic N) is 2. The van der Waals surface area contributed by atoms with Crippen molar-refractivity contribution in [3.63, 3.8) is 0 Å². The molecule has 0 saturated carbocycles. The summed E-state index contributed by atoms with van der Waals surface area (Å²) in [6.45, 7) is 12.2. The van der Waals surface area contributed by atoms with Gasteiger partial charge in [0.1, 0.15) is 0 Å². The molecule has 1 aliphatic rings. The lowest BCUT2D eigenvalue weighted by molar-refractivity contribution is -0.0261. The first-order chi connectivity index (χ1) is 10.1. The van der Waals surface area contributed by atoms with Crippen LogP contribution < -0.4 is 11.1 Å². The highest BCUT2D eigenvalue weighted by Gasteiger charge is 2.20. The average Bonchev–Trinajstić information content (AvgIpc) is 2.44. The molecule has 0 amide bonds. The van der Waals surface area contributed by atoms with Crippen molar-refractivity contribution in [2.75, 3.05) is 39.3 Å². The zero-order valence-corrected chi connectivity index (χ0v) is 14.1. The van der Waals surface area contributed by atoms with Gasteiger partial charge in [0.25, 0.3) is 0 Å². The molecular formula is C16H34N4O. The van der Waals surface area contributed by atoms with E-state index in [9.17, 15) is 0 Å². The van der Waals surface area contributed by atoms with Crippen molar-refractivity contribution in [1.29, 1.82) is 0 Å². The molecule has 5 nitrogen and oxygen atoms in total. The molecule has 1 atom stereocenters. The van der Waals surface area contributed by atoms with Gasteiger partial charge in [-0.1, -0.05) is 40.0 Å². The Kier molecular flexibility index (Phi) is 9.42. The number of nitrogens with one attached hydrogen (secondary N) is 1. The topological polar surface area (TPSA) is 62.9 Å². The monoisotopic (exact) mass is 298 g/mol. The van der Waals surface area contributed by atoms with E-state index in [1.54, 1.807) is 0 Å². The molecule has 124 valence electrons. The quantitative estimate of drug-likeness (QED) is 0.387. The van der Waals surface area contributed by atoms with Crippen molar-refractivity contribution in [2.45, 2.75) is 52.6 Å². The maximum absolute atomic E-state index is 5.89. The molecule has 1 unspecified atom stereocenters. The normalized spacial score (nSPS) is 21.0. The maximum atomic E-state index is 5.89. The smallest absolute Gasteiger partial charge is 0.188 e. The van der Waals surface area contributed by atoms with Gasteiger partial charge in [0.15, 0.2) is 5.96 Å². The Hall–Kier alpha value is -0.810. The summed E-state index contributed by atoms with van der Waals surface area (Å²) < 4.78 is 5.77. The van der Waals surface area contributed by atoms with Gasteiger partial charge in [-0.05, 0) is 12.3 Å². The lowest BCUT2D eigenvalue weighted by Gasteiger charge is -2.33. The predicted molar refractivity (Wildman–Crippen MR) is 89.7 cm³/mol. The molecule has 1 rings (SSSR count). The number of morpholine rings is 1. The van der Waals surface area contributed by atoms with Crippen molar-refractivity contribution >= 4 is 5.96 Å². The van der Waals surface area contributed by atoms with Gasteiger partial charge in [-0.15, -0.1) is 0 Å². The molecule has 1 saturated heterocycles. The minimum Gasteiger partial charge on any atom is -0.374 e. The van der Waals surface area contributed by atoms with Crippen molar-refractivity contribution < 1.29 is 4.74 Å². The number of ether oxygens (including phenoxy) is 1. The van der Waals surface area contributed by atoms with Crippen LogP contribution in [0.25, 0.3) is 0 Å². The first-order valence-corrected chi connectivity index (χ1v) is 8.49. The van der Waals surface area contributed by atoms with Gasteiger partial charge < -0.3 is 15.8 Å². The highest BCUT2D eigenvalue weighted by Crippen LogP contribution is 2.08. The second-order valence-electron chi connectivity index (χ2n) is 6.36. The first-order valence-electron chi connectivity index (χ1n) is 8.49. The molecule has 21 heavy (non-hydrogen) atoms. The summed E-state index contributed by atoms with van der Waals surface area (Å²) in [6.07, 6.45) is 5.15. The molecule has 0 aromatic rings. The molecule has 1 aliphatic heterocycles. The van der Waals surface area contributed by atoms with Crippen LogP contribution in [-0.4, -0.2) is 56.3 Å². The van der Waals surface area contributed by atoms with E-state index >= 15 is 0 Å². The van der Waals surface area contributed by atoms with Gasteiger partial charge >= 0.3 is 0 Å². The second kappa shape index (κ2) is 10.9. The Labute approximate surface area is 130 Å². The minimum atomic E-state index is 0.179. The zero-order valence-electron chi connectivity index (χ0n) is 14.1. The van der Waals surface area contributed by atoms with E-state index < -0.39 is 0 Å². The average molecular weight is 298 g/mol. The van der Waals surface area contributed by atoms with E-state index in [1.165, 1.54) is 19.3 Å². The molecule has 0 aromatic heterocycles. The van der Waals surface area contributed by atoms with Crippen LogP contribution in [0.2, 0.25) is 0 Å². The van der Waals surface area contributed by atoms with Crippen LogP contribution in [-0.2, 0) is 4.74 Å². The Morgan fingerprint density at radius 2 is 2.19 bits per heavy atom. The Bertz CT molecular complexity index is 294. The molecule has 1 heterocycles. The SMILES string of the molecule is CCCCCCNC(N)=NCC1CN(CC(C)C)CCO1. The summed E-state index contributed by atoms with van der Waals surface area (Å²) in [5, 5.41) is 3.18. The van der Waals surface area contributed by atoms with Crippen molar-refractivity contribution in [2.24, 2.45) is 16.6 Å². The lowest BCUT2D eigenvalue weighted by atomic mass is 10.2. The largest absolute Gasteiger partial charge is 0.374 e. The van der Waals surface area contributed by atoms with Gasteiger partial charge in [0.05, 0.1) is 19.3 Å². The Balaban J connectivity index is 2.18. The lowest BCUT2D eigenvalue weighted by Crippen LogP contribution is -2.45. The van der Waals surface area contributed by atoms with E-state index in [0.29, 0.717) is 18.4 Å². The summed E-state index contributed by atoms with van der Waals surface area (Å²) in [6, 6.07) is 0. The van der Waals surface area contributed by atoms with E-state index in [2.05, 4.69) is 36.0 Å². The fraction of sp³-hybridized carbons (Fsp3) is 0.938. The third-order valence-corrected chi connectivity index (χ3v) is 3.65. The Morgan fingerprint density at radius 1 is 1.38 bits per heavy atom. The van der Waals surface area contributed by atoms with Gasteiger partial charge in [0.2, 0.25) is 0 Å². The van der Waals surface area contributed by atoms with Crippen molar-refractivity contribution in [1.82, 2.24) is 10.2 Å². The summed E-state index contributed by atoms with van der Waals surface area (Å²) in [5.41, 5.74) is 5.89. The third kappa shape index (κ3) is 8.94. The van der Waals surface area contributed by atoms with Crippen LogP contribution in [0.15, 0.2) is 4.99 Å². The summed E-state index contributed by atoms with van der Waals surface area (Å²) in [5.74, 6) is 1.25. The van der Waals surface area contributed by atoms with E-state index in [0.717, 1.165) is 39.2 Å². The highest BCUT2D eigenvalue weighted by atomic mass is 16.5. The first kappa shape index (κ1) is 18.2.